The minimum absolute atomic E-state index is 0.0690. The number of rotatable bonds is 3. The molecule has 0 atom stereocenters. The predicted molar refractivity (Wildman–Crippen MR) is 104 cm³/mol. The van der Waals surface area contributed by atoms with E-state index in [0.717, 1.165) is 0 Å². The van der Waals surface area contributed by atoms with E-state index in [9.17, 15) is 15.2 Å². The molecule has 9 heteroatoms. The molecule has 0 radical (unpaired) electrons. The van der Waals surface area contributed by atoms with Crippen molar-refractivity contribution < 1.29 is 10.0 Å². The second-order valence-electron chi connectivity index (χ2n) is 6.00. The van der Waals surface area contributed by atoms with Gasteiger partial charge in [-0.1, -0.05) is 35.9 Å². The second-order valence-corrected chi connectivity index (χ2v) is 6.41. The van der Waals surface area contributed by atoms with Crippen LogP contribution < -0.4 is 4.90 Å². The highest BCUT2D eigenvalue weighted by Gasteiger charge is 2.32. The number of nitro groups is 1. The van der Waals surface area contributed by atoms with Crippen LogP contribution >= 0.6 is 11.6 Å². The molecular formula is C18H14ClN5O3. The number of anilines is 1. The lowest BCUT2D eigenvalue weighted by molar-refractivity contribution is -0.385. The maximum absolute atomic E-state index is 11.7. The van der Waals surface area contributed by atoms with E-state index in [1.165, 1.54) is 6.07 Å². The molecule has 2 aliphatic rings. The van der Waals surface area contributed by atoms with Gasteiger partial charge in [-0.25, -0.2) is 0 Å². The van der Waals surface area contributed by atoms with Crippen LogP contribution in [0, 0.1) is 10.1 Å². The van der Waals surface area contributed by atoms with E-state index in [2.05, 4.69) is 15.2 Å². The number of benzene rings is 2. The first-order valence-corrected chi connectivity index (χ1v) is 8.55. The zero-order valence-electron chi connectivity index (χ0n) is 14.0. The Bertz CT molecular complexity index is 1030. The molecule has 0 bridgehead atoms. The van der Waals surface area contributed by atoms with Gasteiger partial charge in [0.25, 0.3) is 5.69 Å². The Balaban J connectivity index is 1.99. The summed E-state index contributed by atoms with van der Waals surface area (Å²) in [6, 6.07) is 11.9. The number of hydrogen-bond donors (Lipinski definition) is 1. The lowest BCUT2D eigenvalue weighted by atomic mass is 9.98. The molecule has 0 aromatic heterocycles. The van der Waals surface area contributed by atoms with Gasteiger partial charge in [-0.3, -0.25) is 15.1 Å². The lowest BCUT2D eigenvalue weighted by Crippen LogP contribution is -2.40. The van der Waals surface area contributed by atoms with Crippen LogP contribution in [0.3, 0.4) is 0 Å². The Morgan fingerprint density at radius 3 is 2.74 bits per heavy atom. The van der Waals surface area contributed by atoms with Crippen molar-refractivity contribution in [2.75, 3.05) is 24.6 Å². The fraction of sp³-hybridized carbons (Fsp3) is 0.167. The number of halogens is 1. The molecule has 8 nitrogen and oxygen atoms in total. The molecule has 1 N–H and O–H groups in total. The first-order valence-electron chi connectivity index (χ1n) is 8.18. The average molecular weight is 384 g/mol. The van der Waals surface area contributed by atoms with Crippen molar-refractivity contribution in [1.82, 2.24) is 0 Å². The Kier molecular flexibility index (Phi) is 4.43. The smallest absolute Gasteiger partial charge is 0.280 e. The zero-order valence-corrected chi connectivity index (χ0v) is 14.8. The zero-order chi connectivity index (χ0) is 19.0. The predicted octanol–water partition coefficient (Wildman–Crippen LogP) is 2.67. The molecule has 2 aromatic carbocycles. The number of fused-ring (bicyclic) bond motifs is 3. The van der Waals surface area contributed by atoms with Gasteiger partial charge >= 0.3 is 0 Å². The summed E-state index contributed by atoms with van der Waals surface area (Å²) in [6.07, 6.45) is 0. The third-order valence-corrected chi connectivity index (χ3v) is 4.72. The standard InChI is InChI=1S/C18H14ClN5O3/c19-13-5-2-1-4-12(13)18-17-14(6-3-7-15(17)24(26)27)23-9-11(10-25)21-22-16(23)8-20-18/h1-7,25H,8-10H2. The van der Waals surface area contributed by atoms with Crippen molar-refractivity contribution in [2.45, 2.75) is 0 Å². The maximum atomic E-state index is 11.7. The average Bonchev–Trinajstić information content (AvgIpc) is 2.85. The summed E-state index contributed by atoms with van der Waals surface area (Å²) in [4.78, 5) is 17.7. The van der Waals surface area contributed by atoms with Gasteiger partial charge in [0.1, 0.15) is 5.56 Å². The summed E-state index contributed by atoms with van der Waals surface area (Å²) in [5.74, 6) is 0.552. The SMILES string of the molecule is O=[N+]([O-])c1cccc2c1C(c1ccccc1Cl)=NCC1=NN=C(CO)CN12. The van der Waals surface area contributed by atoms with Crippen LogP contribution in [0.25, 0.3) is 0 Å². The van der Waals surface area contributed by atoms with Crippen LogP contribution in [-0.2, 0) is 0 Å². The summed E-state index contributed by atoms with van der Waals surface area (Å²) in [7, 11) is 0. The minimum atomic E-state index is -0.432. The largest absolute Gasteiger partial charge is 0.390 e. The molecule has 2 heterocycles. The molecule has 0 amide bonds. The molecular weight excluding hydrogens is 370 g/mol. The molecule has 136 valence electrons. The minimum Gasteiger partial charge on any atom is -0.390 e. The quantitative estimate of drug-likeness (QED) is 0.649. The van der Waals surface area contributed by atoms with Gasteiger partial charge in [-0.05, 0) is 12.1 Å². The van der Waals surface area contributed by atoms with E-state index in [1.807, 2.05) is 0 Å². The molecule has 0 unspecified atom stereocenters. The molecule has 4 rings (SSSR count). The number of aliphatic hydroxyl groups is 1. The number of nitrogens with zero attached hydrogens (tertiary/aromatic N) is 5. The summed E-state index contributed by atoms with van der Waals surface area (Å²) in [5.41, 5.74) is 2.40. The molecule has 0 saturated heterocycles. The van der Waals surface area contributed by atoms with E-state index >= 15 is 0 Å². The summed E-state index contributed by atoms with van der Waals surface area (Å²) in [6.45, 7) is 0.235. The number of amidine groups is 1. The third kappa shape index (κ3) is 2.98. The highest BCUT2D eigenvalue weighted by molar-refractivity contribution is 6.36. The molecule has 0 aliphatic carbocycles. The second kappa shape index (κ2) is 6.90. The fourth-order valence-electron chi connectivity index (χ4n) is 3.16. The number of aliphatic hydroxyl groups excluding tert-OH is 1. The van der Waals surface area contributed by atoms with E-state index in [0.29, 0.717) is 39.1 Å². The lowest BCUT2D eigenvalue weighted by Gasteiger charge is -2.27. The third-order valence-electron chi connectivity index (χ3n) is 4.39. The fourth-order valence-corrected chi connectivity index (χ4v) is 3.39. The summed E-state index contributed by atoms with van der Waals surface area (Å²) >= 11 is 6.36. The maximum Gasteiger partial charge on any atom is 0.280 e. The van der Waals surface area contributed by atoms with Gasteiger partial charge in [0, 0.05) is 16.7 Å². The Morgan fingerprint density at radius 2 is 2.00 bits per heavy atom. The normalized spacial score (nSPS) is 15.8. The van der Waals surface area contributed by atoms with Crippen molar-refractivity contribution in [3.8, 4) is 0 Å². The van der Waals surface area contributed by atoms with E-state index in [1.54, 1.807) is 41.3 Å². The Hall–Kier alpha value is -3.10. The first-order chi connectivity index (χ1) is 13.1. The van der Waals surface area contributed by atoms with Crippen molar-refractivity contribution in [3.63, 3.8) is 0 Å². The van der Waals surface area contributed by atoms with Crippen molar-refractivity contribution >= 4 is 40.2 Å². The molecule has 0 saturated carbocycles. The number of nitro benzene ring substituents is 1. The molecule has 27 heavy (non-hydrogen) atoms. The van der Waals surface area contributed by atoms with Crippen LogP contribution in [0.15, 0.2) is 57.7 Å². The number of aliphatic imine (C=N–C) groups is 1. The Labute approximate surface area is 159 Å². The molecule has 2 aromatic rings. The van der Waals surface area contributed by atoms with Crippen molar-refractivity contribution in [1.29, 1.82) is 0 Å². The summed E-state index contributed by atoms with van der Waals surface area (Å²) in [5, 5.41) is 29.8. The highest BCUT2D eigenvalue weighted by Crippen LogP contribution is 2.36. The van der Waals surface area contributed by atoms with E-state index < -0.39 is 4.92 Å². The number of hydrogen-bond acceptors (Lipinski definition) is 7. The van der Waals surface area contributed by atoms with Gasteiger partial charge in [-0.2, -0.15) is 5.10 Å². The Morgan fingerprint density at radius 1 is 1.19 bits per heavy atom. The van der Waals surface area contributed by atoms with Gasteiger partial charge in [0.15, 0.2) is 5.84 Å². The molecule has 0 fully saturated rings. The van der Waals surface area contributed by atoms with Gasteiger partial charge < -0.3 is 10.0 Å². The highest BCUT2D eigenvalue weighted by atomic mass is 35.5. The van der Waals surface area contributed by atoms with Crippen LogP contribution in [0.2, 0.25) is 5.02 Å². The van der Waals surface area contributed by atoms with Gasteiger partial charge in [-0.15, -0.1) is 5.10 Å². The van der Waals surface area contributed by atoms with Crippen LogP contribution in [-0.4, -0.2) is 47.0 Å². The van der Waals surface area contributed by atoms with Gasteiger partial charge in [0.2, 0.25) is 0 Å². The van der Waals surface area contributed by atoms with Crippen LogP contribution in [0.1, 0.15) is 11.1 Å². The van der Waals surface area contributed by atoms with Crippen molar-refractivity contribution in [2.24, 2.45) is 15.2 Å². The molecule has 0 spiro atoms. The first kappa shape index (κ1) is 17.3. The van der Waals surface area contributed by atoms with E-state index in [-0.39, 0.29) is 25.4 Å². The van der Waals surface area contributed by atoms with Crippen molar-refractivity contribution in [3.05, 3.63) is 68.7 Å². The topological polar surface area (TPSA) is 104 Å². The van der Waals surface area contributed by atoms with Gasteiger partial charge in [0.05, 0.1) is 41.7 Å². The van der Waals surface area contributed by atoms with Crippen LogP contribution in [0.5, 0.6) is 0 Å². The summed E-state index contributed by atoms with van der Waals surface area (Å²) < 4.78 is 0. The van der Waals surface area contributed by atoms with Crippen LogP contribution in [0.4, 0.5) is 11.4 Å². The van der Waals surface area contributed by atoms with E-state index in [4.69, 9.17) is 11.6 Å². The monoisotopic (exact) mass is 383 g/mol. The molecule has 2 aliphatic heterocycles.